The number of rotatable bonds is 5. The van der Waals surface area contributed by atoms with Gasteiger partial charge in [0.2, 0.25) is 0 Å². The number of fused-ring (bicyclic) bond motifs is 1. The fourth-order valence-electron chi connectivity index (χ4n) is 4.29. The van der Waals surface area contributed by atoms with Crippen LogP contribution in [0, 0.1) is 11.8 Å². The van der Waals surface area contributed by atoms with E-state index in [1.165, 1.54) is 64.5 Å². The molecule has 2 N–H and O–H groups in total. The van der Waals surface area contributed by atoms with Crippen LogP contribution in [0.2, 0.25) is 0 Å². The average Bonchev–Trinajstić information content (AvgIpc) is 2.40. The van der Waals surface area contributed by atoms with Gasteiger partial charge in [-0.1, -0.05) is 39.5 Å². The van der Waals surface area contributed by atoms with Gasteiger partial charge in [-0.05, 0) is 44.1 Å². The van der Waals surface area contributed by atoms with Gasteiger partial charge in [-0.25, -0.2) is 0 Å². The Kier molecular flexibility index (Phi) is 5.50. The zero-order valence-corrected chi connectivity index (χ0v) is 12.4. The Balaban J connectivity index is 1.91. The van der Waals surface area contributed by atoms with Gasteiger partial charge in [-0.2, -0.15) is 0 Å². The first-order valence-corrected chi connectivity index (χ1v) is 8.25. The maximum atomic E-state index is 6.40. The van der Waals surface area contributed by atoms with Crippen LogP contribution in [-0.4, -0.2) is 30.1 Å². The van der Waals surface area contributed by atoms with Crippen LogP contribution < -0.4 is 5.73 Å². The van der Waals surface area contributed by atoms with E-state index in [1.54, 1.807) is 0 Å². The summed E-state index contributed by atoms with van der Waals surface area (Å²) in [5.41, 5.74) is 6.40. The predicted octanol–water partition coefficient (Wildman–Crippen LogP) is 3.40. The molecule has 106 valence electrons. The van der Waals surface area contributed by atoms with E-state index in [0.29, 0.717) is 12.1 Å². The second-order valence-electron chi connectivity index (χ2n) is 6.52. The first-order valence-electron chi connectivity index (χ1n) is 8.25. The molecule has 2 heteroatoms. The summed E-state index contributed by atoms with van der Waals surface area (Å²) in [6.07, 6.45) is 11.0. The molecule has 18 heavy (non-hydrogen) atoms. The van der Waals surface area contributed by atoms with Crippen LogP contribution >= 0.6 is 0 Å². The van der Waals surface area contributed by atoms with Gasteiger partial charge in [0.1, 0.15) is 0 Å². The standard InChI is InChI=1S/C16H32N2/c1-3-7-15(17)16(4-2)18-11-10-13-8-5-6-9-14(13)12-18/h13-16H,3-12,17H2,1-2H3. The van der Waals surface area contributed by atoms with Crippen molar-refractivity contribution in [3.05, 3.63) is 0 Å². The molecular weight excluding hydrogens is 220 g/mol. The van der Waals surface area contributed by atoms with Crippen molar-refractivity contribution in [2.45, 2.75) is 77.3 Å². The molecule has 2 fully saturated rings. The Morgan fingerprint density at radius 1 is 1.11 bits per heavy atom. The highest BCUT2D eigenvalue weighted by molar-refractivity contribution is 4.89. The van der Waals surface area contributed by atoms with Gasteiger partial charge in [-0.3, -0.25) is 4.90 Å². The van der Waals surface area contributed by atoms with E-state index in [0.717, 1.165) is 11.8 Å². The van der Waals surface area contributed by atoms with Gasteiger partial charge < -0.3 is 5.73 Å². The first-order chi connectivity index (χ1) is 8.76. The van der Waals surface area contributed by atoms with E-state index >= 15 is 0 Å². The third-order valence-electron chi connectivity index (χ3n) is 5.33. The number of piperidine rings is 1. The lowest BCUT2D eigenvalue weighted by Gasteiger charge is -2.45. The van der Waals surface area contributed by atoms with Crippen molar-refractivity contribution in [2.75, 3.05) is 13.1 Å². The van der Waals surface area contributed by atoms with E-state index in [1.807, 2.05) is 0 Å². The molecule has 0 amide bonds. The first kappa shape index (κ1) is 14.3. The quantitative estimate of drug-likeness (QED) is 0.812. The Morgan fingerprint density at radius 3 is 2.50 bits per heavy atom. The van der Waals surface area contributed by atoms with Gasteiger partial charge in [0.05, 0.1) is 0 Å². The largest absolute Gasteiger partial charge is 0.326 e. The van der Waals surface area contributed by atoms with Gasteiger partial charge in [0, 0.05) is 18.6 Å². The Labute approximate surface area is 113 Å². The van der Waals surface area contributed by atoms with Crippen LogP contribution in [-0.2, 0) is 0 Å². The predicted molar refractivity (Wildman–Crippen MR) is 78.6 cm³/mol. The number of nitrogens with zero attached hydrogens (tertiary/aromatic N) is 1. The van der Waals surface area contributed by atoms with Crippen LogP contribution in [0.25, 0.3) is 0 Å². The minimum absolute atomic E-state index is 0.389. The summed E-state index contributed by atoms with van der Waals surface area (Å²) in [4.78, 5) is 2.73. The minimum atomic E-state index is 0.389. The topological polar surface area (TPSA) is 29.3 Å². The van der Waals surface area contributed by atoms with Crippen molar-refractivity contribution in [2.24, 2.45) is 17.6 Å². The number of hydrogen-bond acceptors (Lipinski definition) is 2. The SMILES string of the molecule is CCCC(N)C(CC)N1CCC2CCCCC2C1. The molecule has 2 nitrogen and oxygen atoms in total. The second-order valence-corrected chi connectivity index (χ2v) is 6.52. The number of nitrogens with two attached hydrogens (primary N) is 1. The number of hydrogen-bond donors (Lipinski definition) is 1. The molecule has 2 aliphatic rings. The molecule has 0 bridgehead atoms. The molecule has 1 heterocycles. The fraction of sp³-hybridized carbons (Fsp3) is 1.00. The summed E-state index contributed by atoms with van der Waals surface area (Å²) in [7, 11) is 0. The molecule has 0 radical (unpaired) electrons. The normalized spacial score (nSPS) is 32.8. The summed E-state index contributed by atoms with van der Waals surface area (Å²) in [6, 6.07) is 1.02. The van der Waals surface area contributed by atoms with Gasteiger partial charge >= 0.3 is 0 Å². The molecule has 2 rings (SSSR count). The molecule has 1 saturated carbocycles. The van der Waals surface area contributed by atoms with E-state index in [4.69, 9.17) is 5.73 Å². The monoisotopic (exact) mass is 252 g/mol. The minimum Gasteiger partial charge on any atom is -0.326 e. The molecule has 0 aromatic heterocycles. The molecule has 0 spiro atoms. The van der Waals surface area contributed by atoms with Crippen LogP contribution in [0.1, 0.15) is 65.2 Å². The Bertz CT molecular complexity index is 241. The summed E-state index contributed by atoms with van der Waals surface area (Å²) in [6.45, 7) is 7.20. The van der Waals surface area contributed by atoms with E-state index < -0.39 is 0 Å². The third-order valence-corrected chi connectivity index (χ3v) is 5.33. The zero-order valence-electron chi connectivity index (χ0n) is 12.4. The third kappa shape index (κ3) is 3.27. The molecule has 4 atom stereocenters. The lowest BCUT2D eigenvalue weighted by atomic mass is 9.74. The molecule has 0 aromatic rings. The van der Waals surface area contributed by atoms with Crippen molar-refractivity contribution in [3.63, 3.8) is 0 Å². The van der Waals surface area contributed by atoms with Crippen molar-refractivity contribution >= 4 is 0 Å². The maximum absolute atomic E-state index is 6.40. The molecule has 0 aromatic carbocycles. The molecule has 4 unspecified atom stereocenters. The highest BCUT2D eigenvalue weighted by atomic mass is 15.2. The number of likely N-dealkylation sites (tertiary alicyclic amines) is 1. The van der Waals surface area contributed by atoms with Crippen molar-refractivity contribution < 1.29 is 0 Å². The van der Waals surface area contributed by atoms with Crippen molar-refractivity contribution in [1.82, 2.24) is 4.90 Å². The summed E-state index contributed by atoms with van der Waals surface area (Å²) in [5, 5.41) is 0. The maximum Gasteiger partial charge on any atom is 0.0244 e. The summed E-state index contributed by atoms with van der Waals surface area (Å²) in [5.74, 6) is 2.02. The van der Waals surface area contributed by atoms with Crippen molar-refractivity contribution in [3.8, 4) is 0 Å². The highest BCUT2D eigenvalue weighted by Gasteiger charge is 2.34. The van der Waals surface area contributed by atoms with Gasteiger partial charge in [0.25, 0.3) is 0 Å². The van der Waals surface area contributed by atoms with E-state index in [9.17, 15) is 0 Å². The lowest BCUT2D eigenvalue weighted by Crippen LogP contribution is -2.53. The summed E-state index contributed by atoms with van der Waals surface area (Å²) >= 11 is 0. The van der Waals surface area contributed by atoms with E-state index in [-0.39, 0.29) is 0 Å². The average molecular weight is 252 g/mol. The molecule has 1 aliphatic heterocycles. The highest BCUT2D eigenvalue weighted by Crippen LogP contribution is 2.37. The zero-order chi connectivity index (χ0) is 13.0. The lowest BCUT2D eigenvalue weighted by molar-refractivity contribution is 0.0456. The fourth-order valence-corrected chi connectivity index (χ4v) is 4.29. The summed E-state index contributed by atoms with van der Waals surface area (Å²) < 4.78 is 0. The second kappa shape index (κ2) is 6.91. The van der Waals surface area contributed by atoms with Gasteiger partial charge in [0.15, 0.2) is 0 Å². The van der Waals surface area contributed by atoms with E-state index in [2.05, 4.69) is 18.7 Å². The Morgan fingerprint density at radius 2 is 1.83 bits per heavy atom. The van der Waals surface area contributed by atoms with Crippen LogP contribution in [0.15, 0.2) is 0 Å². The van der Waals surface area contributed by atoms with Crippen molar-refractivity contribution in [1.29, 1.82) is 0 Å². The molecule has 1 saturated heterocycles. The van der Waals surface area contributed by atoms with Crippen LogP contribution in [0.3, 0.4) is 0 Å². The Hall–Kier alpha value is -0.0800. The van der Waals surface area contributed by atoms with Crippen LogP contribution in [0.5, 0.6) is 0 Å². The van der Waals surface area contributed by atoms with Crippen LogP contribution in [0.4, 0.5) is 0 Å². The molecule has 1 aliphatic carbocycles. The molecular formula is C16H32N2. The smallest absolute Gasteiger partial charge is 0.0244 e. The van der Waals surface area contributed by atoms with Gasteiger partial charge in [-0.15, -0.1) is 0 Å².